The minimum atomic E-state index is 0.0923. The van der Waals surface area contributed by atoms with Crippen LogP contribution in [0.2, 0.25) is 0 Å². The Morgan fingerprint density at radius 1 is 1.31 bits per heavy atom. The van der Waals surface area contributed by atoms with Gasteiger partial charge in [-0.05, 0) is 25.7 Å². The summed E-state index contributed by atoms with van der Waals surface area (Å²) in [7, 11) is 0. The van der Waals surface area contributed by atoms with Gasteiger partial charge in [0.05, 0.1) is 0 Å². The van der Waals surface area contributed by atoms with E-state index in [1.165, 1.54) is 0 Å². The summed E-state index contributed by atoms with van der Waals surface area (Å²) in [5, 5.41) is 11.4. The molecule has 0 saturated heterocycles. The molecular weight excluding hydrogens is 166 g/mol. The van der Waals surface area contributed by atoms with E-state index in [1.54, 1.807) is 0 Å². The van der Waals surface area contributed by atoms with Crippen LogP contribution >= 0.6 is 0 Å². The third kappa shape index (κ3) is 6.58. The number of hydrogen-bond acceptors (Lipinski definition) is 2. The van der Waals surface area contributed by atoms with Gasteiger partial charge in [-0.2, -0.15) is 0 Å². The average Bonchev–Trinajstić information content (AvgIpc) is 2.04. The second-order valence-corrected chi connectivity index (χ2v) is 3.78. The van der Waals surface area contributed by atoms with Gasteiger partial charge < -0.3 is 10.4 Å². The van der Waals surface area contributed by atoms with Gasteiger partial charge in [0.15, 0.2) is 0 Å². The molecule has 3 nitrogen and oxygen atoms in total. The lowest BCUT2D eigenvalue weighted by atomic mass is 10.1. The maximum atomic E-state index is 11.2. The molecule has 0 heterocycles. The fourth-order valence-corrected chi connectivity index (χ4v) is 0.890. The molecule has 1 atom stereocenters. The van der Waals surface area contributed by atoms with Crippen LogP contribution in [0.25, 0.3) is 0 Å². The topological polar surface area (TPSA) is 49.3 Å². The molecule has 0 aliphatic rings. The van der Waals surface area contributed by atoms with Crippen LogP contribution < -0.4 is 5.32 Å². The van der Waals surface area contributed by atoms with Gasteiger partial charge in [-0.3, -0.25) is 4.79 Å². The van der Waals surface area contributed by atoms with Crippen molar-refractivity contribution in [3.63, 3.8) is 0 Å². The number of rotatable bonds is 6. The molecule has 0 aliphatic heterocycles. The van der Waals surface area contributed by atoms with Crippen molar-refractivity contribution in [1.82, 2.24) is 5.32 Å². The molecule has 0 radical (unpaired) electrons. The minimum Gasteiger partial charge on any atom is -0.396 e. The van der Waals surface area contributed by atoms with Gasteiger partial charge in [0, 0.05) is 19.1 Å². The first-order chi connectivity index (χ1) is 6.07. The Morgan fingerprint density at radius 3 is 2.38 bits per heavy atom. The largest absolute Gasteiger partial charge is 0.396 e. The summed E-state index contributed by atoms with van der Waals surface area (Å²) >= 11 is 0. The summed E-state index contributed by atoms with van der Waals surface area (Å²) in [6.07, 6.45) is 2.01. The zero-order valence-electron chi connectivity index (χ0n) is 8.84. The number of amides is 1. The van der Waals surface area contributed by atoms with Gasteiger partial charge in [0.25, 0.3) is 0 Å². The van der Waals surface area contributed by atoms with Crippen molar-refractivity contribution in [2.24, 2.45) is 5.92 Å². The number of aliphatic hydroxyl groups excluding tert-OH is 1. The molecule has 0 bridgehead atoms. The van der Waals surface area contributed by atoms with Crippen LogP contribution in [-0.4, -0.2) is 23.7 Å². The van der Waals surface area contributed by atoms with Crippen LogP contribution in [0, 0.1) is 5.92 Å². The number of aliphatic hydroxyl groups is 1. The van der Waals surface area contributed by atoms with Crippen molar-refractivity contribution in [3.8, 4) is 0 Å². The van der Waals surface area contributed by atoms with Crippen LogP contribution in [0.4, 0.5) is 0 Å². The average molecular weight is 187 g/mol. The normalized spacial score (nSPS) is 13.0. The fourth-order valence-electron chi connectivity index (χ4n) is 0.890. The molecule has 0 aromatic rings. The highest BCUT2D eigenvalue weighted by molar-refractivity contribution is 5.76. The maximum Gasteiger partial charge on any atom is 0.220 e. The van der Waals surface area contributed by atoms with E-state index in [4.69, 9.17) is 5.11 Å². The van der Waals surface area contributed by atoms with E-state index in [9.17, 15) is 4.79 Å². The van der Waals surface area contributed by atoms with Gasteiger partial charge in [-0.15, -0.1) is 0 Å². The van der Waals surface area contributed by atoms with Crippen molar-refractivity contribution < 1.29 is 9.90 Å². The van der Waals surface area contributed by atoms with Crippen molar-refractivity contribution in [2.45, 2.75) is 46.1 Å². The summed E-state index contributed by atoms with van der Waals surface area (Å²) in [5.74, 6) is 0.566. The molecule has 0 fully saturated rings. The minimum absolute atomic E-state index is 0.0923. The SMILES string of the molecule is CC(C)C(C)NC(=O)CCCCO. The quantitative estimate of drug-likeness (QED) is 0.616. The number of unbranched alkanes of at least 4 members (excludes halogenated alkanes) is 1. The molecule has 2 N–H and O–H groups in total. The molecule has 3 heteroatoms. The van der Waals surface area contributed by atoms with E-state index in [2.05, 4.69) is 19.2 Å². The Hall–Kier alpha value is -0.570. The zero-order valence-corrected chi connectivity index (χ0v) is 8.84. The lowest BCUT2D eigenvalue weighted by Gasteiger charge is -2.17. The lowest BCUT2D eigenvalue weighted by molar-refractivity contribution is -0.122. The first kappa shape index (κ1) is 12.4. The Labute approximate surface area is 80.5 Å². The summed E-state index contributed by atoms with van der Waals surface area (Å²) < 4.78 is 0. The molecule has 0 rings (SSSR count). The smallest absolute Gasteiger partial charge is 0.220 e. The van der Waals surface area contributed by atoms with E-state index in [0.717, 1.165) is 6.42 Å². The molecule has 0 saturated carbocycles. The Balaban J connectivity index is 3.50. The molecule has 1 amide bonds. The molecule has 0 aromatic carbocycles. The predicted molar refractivity (Wildman–Crippen MR) is 53.4 cm³/mol. The highest BCUT2D eigenvalue weighted by atomic mass is 16.2. The third-order valence-corrected chi connectivity index (χ3v) is 2.20. The van der Waals surface area contributed by atoms with Crippen LogP contribution in [0.3, 0.4) is 0 Å². The Morgan fingerprint density at radius 2 is 1.92 bits per heavy atom. The van der Waals surface area contributed by atoms with Crippen LogP contribution in [0.5, 0.6) is 0 Å². The van der Waals surface area contributed by atoms with Crippen molar-refractivity contribution in [1.29, 1.82) is 0 Å². The van der Waals surface area contributed by atoms with E-state index in [-0.39, 0.29) is 18.6 Å². The standard InChI is InChI=1S/C10H21NO2/c1-8(2)9(3)11-10(13)6-4-5-7-12/h8-9,12H,4-7H2,1-3H3,(H,11,13). The van der Waals surface area contributed by atoms with E-state index in [0.29, 0.717) is 18.8 Å². The van der Waals surface area contributed by atoms with E-state index in [1.807, 2.05) is 6.92 Å². The molecular formula is C10H21NO2. The van der Waals surface area contributed by atoms with E-state index >= 15 is 0 Å². The summed E-state index contributed by atoms with van der Waals surface area (Å²) in [5.41, 5.74) is 0. The highest BCUT2D eigenvalue weighted by Crippen LogP contribution is 2.01. The fraction of sp³-hybridized carbons (Fsp3) is 0.900. The second kappa shape index (κ2) is 6.89. The van der Waals surface area contributed by atoms with Crippen LogP contribution in [0.15, 0.2) is 0 Å². The molecule has 0 aliphatic carbocycles. The number of nitrogens with one attached hydrogen (secondary N) is 1. The van der Waals surface area contributed by atoms with Gasteiger partial charge >= 0.3 is 0 Å². The molecule has 13 heavy (non-hydrogen) atoms. The van der Waals surface area contributed by atoms with E-state index < -0.39 is 0 Å². The first-order valence-corrected chi connectivity index (χ1v) is 4.98. The van der Waals surface area contributed by atoms with Gasteiger partial charge in [-0.1, -0.05) is 13.8 Å². The lowest BCUT2D eigenvalue weighted by Crippen LogP contribution is -2.35. The summed E-state index contributed by atoms with van der Waals surface area (Å²) in [6.45, 7) is 6.35. The summed E-state index contributed by atoms with van der Waals surface area (Å²) in [4.78, 5) is 11.2. The molecule has 0 spiro atoms. The van der Waals surface area contributed by atoms with Gasteiger partial charge in [0.1, 0.15) is 0 Å². The number of carbonyl (C=O) groups is 1. The first-order valence-electron chi connectivity index (χ1n) is 4.98. The van der Waals surface area contributed by atoms with Crippen molar-refractivity contribution in [3.05, 3.63) is 0 Å². The monoisotopic (exact) mass is 187 g/mol. The van der Waals surface area contributed by atoms with Crippen LogP contribution in [-0.2, 0) is 4.79 Å². The maximum absolute atomic E-state index is 11.2. The molecule has 78 valence electrons. The second-order valence-electron chi connectivity index (χ2n) is 3.78. The zero-order chi connectivity index (χ0) is 10.3. The predicted octanol–water partition coefficient (Wildman–Crippen LogP) is 1.31. The van der Waals surface area contributed by atoms with Crippen molar-refractivity contribution in [2.75, 3.05) is 6.61 Å². The molecule has 1 unspecified atom stereocenters. The Kier molecular flexibility index (Phi) is 6.59. The van der Waals surface area contributed by atoms with Crippen molar-refractivity contribution >= 4 is 5.91 Å². The third-order valence-electron chi connectivity index (χ3n) is 2.20. The summed E-state index contributed by atoms with van der Waals surface area (Å²) in [6, 6.07) is 0.238. The Bertz CT molecular complexity index is 146. The van der Waals surface area contributed by atoms with Gasteiger partial charge in [0.2, 0.25) is 5.91 Å². The highest BCUT2D eigenvalue weighted by Gasteiger charge is 2.09. The van der Waals surface area contributed by atoms with Gasteiger partial charge in [-0.25, -0.2) is 0 Å². The van der Waals surface area contributed by atoms with Crippen LogP contribution in [0.1, 0.15) is 40.0 Å². The molecule has 0 aromatic heterocycles. The number of hydrogen-bond donors (Lipinski definition) is 2. The number of carbonyl (C=O) groups excluding carboxylic acids is 1.